The molecule has 1 fully saturated rings. The molecule has 0 amide bonds. The largest absolute Gasteiger partial charge is 0.268 e. The van der Waals surface area contributed by atoms with E-state index in [0.717, 1.165) is 48.2 Å². The Morgan fingerprint density at radius 3 is 2.59 bits per heavy atom. The minimum Gasteiger partial charge on any atom is -0.268 e. The molecule has 32 heavy (non-hydrogen) atoms. The van der Waals surface area contributed by atoms with E-state index in [1.54, 1.807) is 16.9 Å². The van der Waals surface area contributed by atoms with Gasteiger partial charge in [-0.05, 0) is 42.5 Å². The van der Waals surface area contributed by atoms with Crippen LogP contribution in [0.4, 0.5) is 5.13 Å². The van der Waals surface area contributed by atoms with Gasteiger partial charge in [-0.3, -0.25) is 9.40 Å². The van der Waals surface area contributed by atoms with Crippen LogP contribution in [0, 0.1) is 0 Å². The molecule has 0 saturated heterocycles. The molecule has 1 aliphatic carbocycles. The highest BCUT2D eigenvalue weighted by atomic mass is 32.2. The highest BCUT2D eigenvalue weighted by molar-refractivity contribution is 7.93. The molecule has 3 heterocycles. The van der Waals surface area contributed by atoms with Crippen molar-refractivity contribution in [2.75, 3.05) is 11.0 Å². The number of sulfonamides is 1. The topological polar surface area (TPSA) is 111 Å². The molecule has 1 aliphatic rings. The van der Waals surface area contributed by atoms with Gasteiger partial charge < -0.3 is 0 Å². The van der Waals surface area contributed by atoms with Gasteiger partial charge in [-0.15, -0.1) is 11.3 Å². The first kappa shape index (κ1) is 21.6. The number of nitrogens with zero attached hydrogens (tertiary/aromatic N) is 3. The van der Waals surface area contributed by atoms with Gasteiger partial charge in [0.2, 0.25) is 0 Å². The summed E-state index contributed by atoms with van der Waals surface area (Å²) in [6.07, 6.45) is 6.94. The molecule has 0 unspecified atom stereocenters. The fourth-order valence-electron chi connectivity index (χ4n) is 3.86. The first-order valence-corrected chi connectivity index (χ1v) is 15.0. The lowest BCUT2D eigenvalue weighted by Gasteiger charge is -2.08. The molecule has 168 valence electrons. The molecular formula is C20H20N4O4S4. The fourth-order valence-corrected chi connectivity index (χ4v) is 7.66. The summed E-state index contributed by atoms with van der Waals surface area (Å²) in [5, 5.41) is 6.71. The maximum Gasteiger partial charge on any atom is 0.267 e. The van der Waals surface area contributed by atoms with E-state index < -0.39 is 19.9 Å². The summed E-state index contributed by atoms with van der Waals surface area (Å²) in [7, 11) is -7.33. The van der Waals surface area contributed by atoms with Gasteiger partial charge in [-0.1, -0.05) is 30.2 Å². The molecule has 8 nitrogen and oxygen atoms in total. The number of fused-ring (bicyclic) bond motifs is 1. The number of aromatic nitrogens is 3. The maximum absolute atomic E-state index is 13.4. The lowest BCUT2D eigenvalue weighted by Crippen LogP contribution is -2.13. The zero-order chi connectivity index (χ0) is 22.5. The van der Waals surface area contributed by atoms with Gasteiger partial charge in [0.1, 0.15) is 10.6 Å². The van der Waals surface area contributed by atoms with Crippen LogP contribution < -0.4 is 4.72 Å². The number of thiazole rings is 1. The predicted molar refractivity (Wildman–Crippen MR) is 127 cm³/mol. The predicted octanol–water partition coefficient (Wildman–Crippen LogP) is 4.54. The molecule has 1 N–H and O–H groups in total. The first-order valence-electron chi connectivity index (χ1n) is 9.97. The van der Waals surface area contributed by atoms with E-state index >= 15 is 0 Å². The first-order chi connectivity index (χ1) is 15.2. The minimum absolute atomic E-state index is 0.114. The van der Waals surface area contributed by atoms with Crippen molar-refractivity contribution in [2.45, 2.75) is 41.5 Å². The molecule has 0 radical (unpaired) electrons. The summed E-state index contributed by atoms with van der Waals surface area (Å²) >= 11 is 2.53. The van der Waals surface area contributed by atoms with Gasteiger partial charge in [-0.2, -0.15) is 5.10 Å². The second-order valence-corrected chi connectivity index (χ2v) is 13.4. The molecule has 12 heteroatoms. The van der Waals surface area contributed by atoms with Gasteiger partial charge in [0.05, 0.1) is 26.0 Å². The molecule has 0 atom stereocenters. The number of nitrogens with one attached hydrogen (secondary N) is 1. The Morgan fingerprint density at radius 1 is 1.12 bits per heavy atom. The number of thiophene rings is 1. The molecule has 1 saturated carbocycles. The van der Waals surface area contributed by atoms with Crippen LogP contribution in [-0.2, 0) is 19.9 Å². The Balaban J connectivity index is 1.53. The Kier molecular flexibility index (Phi) is 5.35. The van der Waals surface area contributed by atoms with Crippen LogP contribution in [0.2, 0.25) is 0 Å². The lowest BCUT2D eigenvalue weighted by atomic mass is 10.3. The van der Waals surface area contributed by atoms with Crippen molar-refractivity contribution in [1.29, 1.82) is 0 Å². The molecular weight excluding hydrogens is 489 g/mol. The third-order valence-corrected chi connectivity index (χ3v) is 9.84. The zero-order valence-corrected chi connectivity index (χ0v) is 20.3. The van der Waals surface area contributed by atoms with Crippen molar-refractivity contribution in [3.8, 4) is 10.6 Å². The van der Waals surface area contributed by atoms with E-state index in [9.17, 15) is 16.8 Å². The number of rotatable bonds is 6. The summed E-state index contributed by atoms with van der Waals surface area (Å²) in [4.78, 5) is 5.40. The number of hydrogen-bond donors (Lipinski definition) is 1. The third-order valence-electron chi connectivity index (χ3n) is 5.45. The Morgan fingerprint density at radius 2 is 1.91 bits per heavy atom. The average molecular weight is 509 g/mol. The Hall–Kier alpha value is -2.28. The van der Waals surface area contributed by atoms with Gasteiger partial charge in [0, 0.05) is 12.5 Å². The van der Waals surface area contributed by atoms with Crippen molar-refractivity contribution in [1.82, 2.24) is 14.8 Å². The zero-order valence-electron chi connectivity index (χ0n) is 17.1. The van der Waals surface area contributed by atoms with Gasteiger partial charge >= 0.3 is 0 Å². The fraction of sp³-hybridized carbons (Fsp3) is 0.300. The van der Waals surface area contributed by atoms with Crippen LogP contribution in [-0.4, -0.2) is 37.9 Å². The highest BCUT2D eigenvalue weighted by Crippen LogP contribution is 2.36. The lowest BCUT2D eigenvalue weighted by molar-refractivity contribution is 0.467. The van der Waals surface area contributed by atoms with E-state index in [1.807, 2.05) is 17.5 Å². The van der Waals surface area contributed by atoms with Gasteiger partial charge in [0.25, 0.3) is 10.0 Å². The SMILES string of the molecule is CS(=O)(=O)c1ccc2nc(NS(=O)(=O)c3cn(C4CCCC4)nc3-c3cccs3)sc2c1. The smallest absolute Gasteiger partial charge is 0.267 e. The van der Waals surface area contributed by atoms with Crippen molar-refractivity contribution in [3.63, 3.8) is 0 Å². The Labute approximate surface area is 193 Å². The van der Waals surface area contributed by atoms with Crippen LogP contribution in [0.3, 0.4) is 0 Å². The molecule has 0 bridgehead atoms. The van der Waals surface area contributed by atoms with E-state index in [2.05, 4.69) is 14.8 Å². The molecule has 0 aliphatic heterocycles. The monoisotopic (exact) mass is 508 g/mol. The second kappa shape index (κ2) is 7.94. The maximum atomic E-state index is 13.4. The number of anilines is 1. The molecule has 4 aromatic rings. The van der Waals surface area contributed by atoms with Crippen LogP contribution in [0.25, 0.3) is 20.8 Å². The van der Waals surface area contributed by atoms with E-state index in [4.69, 9.17) is 0 Å². The van der Waals surface area contributed by atoms with Crippen LogP contribution in [0.15, 0.2) is 51.7 Å². The van der Waals surface area contributed by atoms with Crippen molar-refractivity contribution >= 4 is 57.9 Å². The van der Waals surface area contributed by atoms with Crippen molar-refractivity contribution in [3.05, 3.63) is 41.9 Å². The number of sulfone groups is 1. The average Bonchev–Trinajstić information content (AvgIpc) is 3.52. The van der Waals surface area contributed by atoms with E-state index in [1.165, 1.54) is 23.5 Å². The minimum atomic E-state index is -3.96. The van der Waals surface area contributed by atoms with E-state index in [0.29, 0.717) is 15.9 Å². The number of benzene rings is 1. The van der Waals surface area contributed by atoms with Crippen LogP contribution >= 0.6 is 22.7 Å². The number of hydrogen-bond acceptors (Lipinski definition) is 8. The highest BCUT2D eigenvalue weighted by Gasteiger charge is 2.28. The van der Waals surface area contributed by atoms with Crippen LogP contribution in [0.5, 0.6) is 0 Å². The standard InChI is InChI=1S/C20H20N4O4S4/c1-31(25,26)14-8-9-15-17(11-14)30-20(21-15)23-32(27,28)18-12-24(13-5-2-3-6-13)22-19(18)16-7-4-10-29-16/h4,7-13H,2-3,5-6H2,1H3,(H,21,23). The normalized spacial score (nSPS) is 15.5. The molecule has 0 spiro atoms. The van der Waals surface area contributed by atoms with Crippen molar-refractivity contribution in [2.24, 2.45) is 0 Å². The summed E-state index contributed by atoms with van der Waals surface area (Å²) in [6, 6.07) is 8.48. The summed E-state index contributed by atoms with van der Waals surface area (Å²) < 4.78 is 55.3. The molecule has 3 aromatic heterocycles. The third kappa shape index (κ3) is 4.07. The van der Waals surface area contributed by atoms with Gasteiger partial charge in [0.15, 0.2) is 15.0 Å². The van der Waals surface area contributed by atoms with Crippen molar-refractivity contribution < 1.29 is 16.8 Å². The van der Waals surface area contributed by atoms with Crippen LogP contribution in [0.1, 0.15) is 31.7 Å². The molecule has 5 rings (SSSR count). The Bertz CT molecular complexity index is 1500. The summed E-state index contributed by atoms with van der Waals surface area (Å²) in [5.74, 6) is 0. The summed E-state index contributed by atoms with van der Waals surface area (Å²) in [6.45, 7) is 0. The van der Waals surface area contributed by atoms with Gasteiger partial charge in [-0.25, -0.2) is 21.8 Å². The molecule has 1 aromatic carbocycles. The quantitative estimate of drug-likeness (QED) is 0.409. The second-order valence-electron chi connectivity index (χ2n) is 7.76. The van der Waals surface area contributed by atoms with E-state index in [-0.39, 0.29) is 21.0 Å². The summed E-state index contributed by atoms with van der Waals surface area (Å²) in [5.41, 5.74) is 0.958.